The molecule has 7 nitrogen and oxygen atoms in total. The zero-order valence-electron chi connectivity index (χ0n) is 28.6. The largest absolute Gasteiger partial charge is 0.372 e. The van der Waals surface area contributed by atoms with Gasteiger partial charge in [0.15, 0.2) is 5.82 Å². The van der Waals surface area contributed by atoms with Crippen molar-refractivity contribution in [3.8, 4) is 17.2 Å². The summed E-state index contributed by atoms with van der Waals surface area (Å²) >= 11 is 13.1. The minimum Gasteiger partial charge on any atom is -0.372 e. The summed E-state index contributed by atoms with van der Waals surface area (Å²) in [6.07, 6.45) is 3.75. The third kappa shape index (κ3) is 5.58. The molecule has 1 N–H and O–H groups in total. The Morgan fingerprint density at radius 2 is 1.90 bits per heavy atom. The third-order valence-electron chi connectivity index (χ3n) is 11.6. The lowest BCUT2D eigenvalue weighted by Gasteiger charge is -2.39. The van der Waals surface area contributed by atoms with Gasteiger partial charge < -0.3 is 19.5 Å². The SMILES string of the molecule is Cc1nc2c(F)c(-c3cccc(Cl)c3Cl)c(CCC#N)cc2c2c1cc([C@H]1C[C@H](OCc3ccc(F)cc3)CN1C(=O)C1CC1)n2[C@H]1[C@H]2CN[C@@H]1C2. The Hall–Kier alpha value is -4.07. The Labute approximate surface area is 310 Å². The summed E-state index contributed by atoms with van der Waals surface area (Å²) in [7, 11) is 0. The van der Waals surface area contributed by atoms with Crippen LogP contribution in [0, 0.1) is 41.7 Å². The molecule has 5 aromatic rings. The van der Waals surface area contributed by atoms with Gasteiger partial charge in [-0.1, -0.05) is 47.5 Å². The standard InChI is InChI=1S/C41H37Cl2F2N5O2/c1-21-29-17-34(33-16-27(19-49(33)41(51)23-9-10-23)52-20-22-7-11-26(44)12-8-22)50(39-25-15-32(39)47-18-25)40(29)30-14-24(4-3-13-46)35(37(45)38(30)48-21)28-5-2-6-31(42)36(28)43/h2,5-8,11-12,14,17,23,25,27,32-33,39,47H,3-4,9-10,15-16,18-20H2,1H3/t25-,27+,32-,33-,39+/m1/s1. The second-order valence-electron chi connectivity index (χ2n) is 14.9. The highest BCUT2D eigenvalue weighted by Crippen LogP contribution is 2.51. The highest BCUT2D eigenvalue weighted by atomic mass is 35.5. The van der Waals surface area contributed by atoms with Crippen molar-refractivity contribution in [2.24, 2.45) is 11.8 Å². The van der Waals surface area contributed by atoms with Crippen molar-refractivity contribution in [2.75, 3.05) is 13.1 Å². The first-order valence-electron chi connectivity index (χ1n) is 18.1. The predicted octanol–water partition coefficient (Wildman–Crippen LogP) is 9.01. The van der Waals surface area contributed by atoms with Gasteiger partial charge in [-0.05, 0) is 80.0 Å². The highest BCUT2D eigenvalue weighted by molar-refractivity contribution is 6.43. The third-order valence-corrected chi connectivity index (χ3v) is 12.5. The van der Waals surface area contributed by atoms with Crippen molar-refractivity contribution in [1.29, 1.82) is 5.26 Å². The summed E-state index contributed by atoms with van der Waals surface area (Å²) in [5.41, 5.74) is 5.14. The molecule has 266 valence electrons. The number of aryl methyl sites for hydroxylation is 2. The number of hydrogen-bond acceptors (Lipinski definition) is 5. The van der Waals surface area contributed by atoms with Gasteiger partial charge in [0.2, 0.25) is 5.91 Å². The number of fused-ring (bicyclic) bond motifs is 4. The maximum absolute atomic E-state index is 17.2. The first-order valence-corrected chi connectivity index (χ1v) is 18.8. The Balaban J connectivity index is 1.22. The molecule has 2 saturated carbocycles. The summed E-state index contributed by atoms with van der Waals surface area (Å²) in [5, 5.41) is 15.4. The van der Waals surface area contributed by atoms with E-state index < -0.39 is 5.82 Å². The average Bonchev–Trinajstić information content (AvgIpc) is 3.43. The van der Waals surface area contributed by atoms with Crippen molar-refractivity contribution in [3.63, 3.8) is 0 Å². The van der Waals surface area contributed by atoms with Crippen molar-refractivity contribution >= 4 is 50.9 Å². The van der Waals surface area contributed by atoms with Crippen LogP contribution in [0.5, 0.6) is 0 Å². The number of nitriles is 1. The average molecular weight is 741 g/mol. The lowest BCUT2D eigenvalue weighted by molar-refractivity contribution is -0.134. The maximum atomic E-state index is 17.2. The van der Waals surface area contributed by atoms with Gasteiger partial charge in [0, 0.05) is 71.2 Å². The molecule has 2 aliphatic carbocycles. The lowest BCUT2D eigenvalue weighted by atomic mass is 9.79. The van der Waals surface area contributed by atoms with E-state index >= 15 is 4.39 Å². The Morgan fingerprint density at radius 3 is 2.62 bits per heavy atom. The van der Waals surface area contributed by atoms with Gasteiger partial charge in [-0.25, -0.2) is 13.8 Å². The first kappa shape index (κ1) is 33.7. The molecule has 3 aromatic carbocycles. The van der Waals surface area contributed by atoms with Crippen molar-refractivity contribution in [2.45, 2.75) is 76.3 Å². The number of carbonyl (C=O) groups is 1. The number of pyridine rings is 1. The fourth-order valence-corrected chi connectivity index (χ4v) is 9.30. The van der Waals surface area contributed by atoms with Crippen LogP contribution >= 0.6 is 23.2 Å². The molecule has 3 saturated heterocycles. The number of nitrogens with one attached hydrogen (secondary N) is 1. The molecule has 11 heteroatoms. The molecular formula is C41H37Cl2F2N5O2. The molecule has 0 radical (unpaired) electrons. The number of aromatic nitrogens is 2. The van der Waals surface area contributed by atoms with Gasteiger partial charge >= 0.3 is 0 Å². The van der Waals surface area contributed by atoms with Crippen LogP contribution in [-0.4, -0.2) is 45.6 Å². The van der Waals surface area contributed by atoms with E-state index in [0.717, 1.165) is 48.0 Å². The van der Waals surface area contributed by atoms with Crippen LogP contribution < -0.4 is 5.32 Å². The van der Waals surface area contributed by atoms with Crippen LogP contribution in [0.25, 0.3) is 32.9 Å². The second kappa shape index (κ2) is 13.1. The number of benzene rings is 3. The number of amides is 1. The minimum absolute atomic E-state index is 0.0236. The molecular weight excluding hydrogens is 703 g/mol. The summed E-state index contributed by atoms with van der Waals surface area (Å²) in [6.45, 7) is 3.59. The number of hydrogen-bond donors (Lipinski definition) is 1. The fourth-order valence-electron chi connectivity index (χ4n) is 8.90. The molecule has 5 aliphatic rings. The Kier molecular flexibility index (Phi) is 8.50. The second-order valence-corrected chi connectivity index (χ2v) is 15.6. The minimum atomic E-state index is -0.496. The number of nitrogens with zero attached hydrogens (tertiary/aromatic N) is 4. The topological polar surface area (TPSA) is 83.2 Å². The van der Waals surface area contributed by atoms with E-state index in [4.69, 9.17) is 32.9 Å². The molecule has 0 spiro atoms. The molecule has 0 unspecified atom stereocenters. The van der Waals surface area contributed by atoms with Gasteiger partial charge in [0.05, 0.1) is 46.4 Å². The molecule has 2 bridgehead atoms. The van der Waals surface area contributed by atoms with Crippen LogP contribution in [0.4, 0.5) is 8.78 Å². The van der Waals surface area contributed by atoms with Crippen LogP contribution in [0.15, 0.2) is 54.6 Å². The van der Waals surface area contributed by atoms with Gasteiger partial charge in [0.1, 0.15) is 11.3 Å². The molecule has 3 aliphatic heterocycles. The molecule has 1 amide bonds. The fraction of sp³-hybridized carbons (Fsp3) is 0.390. The number of rotatable bonds is 9. The molecule has 52 heavy (non-hydrogen) atoms. The van der Waals surface area contributed by atoms with E-state index in [9.17, 15) is 14.4 Å². The summed E-state index contributed by atoms with van der Waals surface area (Å²) < 4.78 is 39.6. The number of halogens is 4. The van der Waals surface area contributed by atoms with Crippen molar-refractivity contribution in [1.82, 2.24) is 19.8 Å². The molecule has 10 rings (SSSR count). The van der Waals surface area contributed by atoms with E-state index in [0.29, 0.717) is 64.7 Å². The summed E-state index contributed by atoms with van der Waals surface area (Å²) in [4.78, 5) is 20.9. The van der Waals surface area contributed by atoms with Gasteiger partial charge in [-0.15, -0.1) is 0 Å². The molecule has 5 heterocycles. The van der Waals surface area contributed by atoms with E-state index in [1.807, 2.05) is 17.9 Å². The van der Waals surface area contributed by atoms with Crippen LogP contribution in [0.1, 0.15) is 66.7 Å². The van der Waals surface area contributed by atoms with Gasteiger partial charge in [0.25, 0.3) is 0 Å². The lowest BCUT2D eigenvalue weighted by Crippen LogP contribution is -2.41. The first-order chi connectivity index (χ1) is 25.2. The van der Waals surface area contributed by atoms with Crippen molar-refractivity contribution in [3.05, 3.63) is 98.8 Å². The maximum Gasteiger partial charge on any atom is 0.226 e. The zero-order chi connectivity index (χ0) is 35.8. The smallest absolute Gasteiger partial charge is 0.226 e. The van der Waals surface area contributed by atoms with E-state index in [2.05, 4.69) is 22.0 Å². The highest BCUT2D eigenvalue weighted by Gasteiger charge is 2.51. The predicted molar refractivity (Wildman–Crippen MR) is 197 cm³/mol. The summed E-state index contributed by atoms with van der Waals surface area (Å²) in [5.74, 6) is -0.219. The molecule has 5 fully saturated rings. The Bertz CT molecular complexity index is 2290. The van der Waals surface area contributed by atoms with E-state index in [1.165, 1.54) is 12.1 Å². The Morgan fingerprint density at radius 1 is 1.10 bits per heavy atom. The molecule has 2 aromatic heterocycles. The van der Waals surface area contributed by atoms with Gasteiger partial charge in [-0.2, -0.15) is 5.26 Å². The van der Waals surface area contributed by atoms with Gasteiger partial charge in [-0.3, -0.25) is 4.79 Å². The monoisotopic (exact) mass is 739 g/mol. The zero-order valence-corrected chi connectivity index (χ0v) is 30.2. The van der Waals surface area contributed by atoms with E-state index in [1.54, 1.807) is 30.3 Å². The quantitative estimate of drug-likeness (QED) is 0.163. The normalized spacial score (nSPS) is 23.8. The summed E-state index contributed by atoms with van der Waals surface area (Å²) in [6, 6.07) is 18.0. The number of likely N-dealkylation sites (tertiary alicyclic amines) is 1. The van der Waals surface area contributed by atoms with E-state index in [-0.39, 0.29) is 58.8 Å². The number of ether oxygens (including phenoxy) is 1. The molecule has 5 atom stereocenters. The van der Waals surface area contributed by atoms with Crippen LogP contribution in [-0.2, 0) is 22.6 Å². The van der Waals surface area contributed by atoms with Crippen molar-refractivity contribution < 1.29 is 18.3 Å². The van der Waals surface area contributed by atoms with Crippen LogP contribution in [0.3, 0.4) is 0 Å². The van der Waals surface area contributed by atoms with Crippen LogP contribution in [0.2, 0.25) is 10.0 Å². The number of carbonyl (C=O) groups excluding carboxylic acids is 1.